The van der Waals surface area contributed by atoms with E-state index in [2.05, 4.69) is 47.8 Å². The molecule has 4 rings (SSSR count). The smallest absolute Gasteiger partial charge is 0.0408 e. The fraction of sp³-hybridized carbons (Fsp3) is 0.368. The molecule has 2 aliphatic rings. The monoisotopic (exact) mass is 297 g/mol. The fourth-order valence-electron chi connectivity index (χ4n) is 3.67. The minimum Gasteiger partial charge on any atom is -0.313 e. The Labute approximate surface area is 131 Å². The van der Waals surface area contributed by atoms with Crippen LogP contribution in [-0.2, 0) is 6.42 Å². The molecule has 0 radical (unpaired) electrons. The van der Waals surface area contributed by atoms with E-state index in [1.54, 1.807) is 5.56 Å². The summed E-state index contributed by atoms with van der Waals surface area (Å²) >= 11 is 6.07. The van der Waals surface area contributed by atoms with Gasteiger partial charge in [0.25, 0.3) is 0 Å². The van der Waals surface area contributed by atoms with Gasteiger partial charge >= 0.3 is 0 Å². The van der Waals surface area contributed by atoms with Crippen molar-refractivity contribution in [2.24, 2.45) is 0 Å². The molecule has 0 saturated heterocycles. The first-order valence-electron chi connectivity index (χ1n) is 7.86. The zero-order valence-electron chi connectivity index (χ0n) is 12.1. The van der Waals surface area contributed by atoms with Gasteiger partial charge in [0.2, 0.25) is 0 Å². The quantitative estimate of drug-likeness (QED) is 0.875. The maximum atomic E-state index is 6.07. The fourth-order valence-corrected chi connectivity index (χ4v) is 3.87. The van der Waals surface area contributed by atoms with E-state index in [9.17, 15) is 0 Å². The van der Waals surface area contributed by atoms with E-state index in [-0.39, 0.29) is 0 Å². The highest BCUT2D eigenvalue weighted by molar-refractivity contribution is 6.30. The van der Waals surface area contributed by atoms with Crippen molar-refractivity contribution in [1.29, 1.82) is 0 Å². The van der Waals surface area contributed by atoms with Crippen LogP contribution >= 0.6 is 11.6 Å². The molecule has 0 heterocycles. The van der Waals surface area contributed by atoms with Crippen LogP contribution in [0.15, 0.2) is 48.5 Å². The van der Waals surface area contributed by atoms with Crippen molar-refractivity contribution in [3.63, 3.8) is 0 Å². The molecule has 108 valence electrons. The molecule has 2 aromatic rings. The van der Waals surface area contributed by atoms with E-state index in [0.29, 0.717) is 12.0 Å². The lowest BCUT2D eigenvalue weighted by molar-refractivity contribution is 0.283. The highest BCUT2D eigenvalue weighted by atomic mass is 35.5. The summed E-state index contributed by atoms with van der Waals surface area (Å²) in [6.45, 7) is 1.13. The zero-order chi connectivity index (χ0) is 14.2. The van der Waals surface area contributed by atoms with E-state index in [0.717, 1.165) is 17.5 Å². The van der Waals surface area contributed by atoms with Crippen LogP contribution in [0, 0.1) is 0 Å². The predicted octanol–water partition coefficient (Wildman–Crippen LogP) is 4.52. The van der Waals surface area contributed by atoms with Gasteiger partial charge in [-0.3, -0.25) is 0 Å². The molecule has 2 aromatic carbocycles. The van der Waals surface area contributed by atoms with Crippen molar-refractivity contribution in [1.82, 2.24) is 5.32 Å². The first-order chi connectivity index (χ1) is 10.3. The number of rotatable bonds is 4. The van der Waals surface area contributed by atoms with E-state index in [4.69, 9.17) is 11.6 Å². The second-order valence-corrected chi connectivity index (χ2v) is 6.86. The molecular weight excluding hydrogens is 278 g/mol. The Morgan fingerprint density at radius 1 is 1.05 bits per heavy atom. The van der Waals surface area contributed by atoms with Crippen LogP contribution in [0.3, 0.4) is 0 Å². The molecule has 1 fully saturated rings. The molecule has 2 aliphatic carbocycles. The third-order valence-corrected chi connectivity index (χ3v) is 5.31. The minimum atomic E-state index is 0.682. The summed E-state index contributed by atoms with van der Waals surface area (Å²) in [5.41, 5.74) is 4.49. The van der Waals surface area contributed by atoms with Gasteiger partial charge in [-0.05, 0) is 54.0 Å². The van der Waals surface area contributed by atoms with Gasteiger partial charge in [-0.25, -0.2) is 0 Å². The summed E-state index contributed by atoms with van der Waals surface area (Å²) in [6.07, 6.45) is 3.73. The standard InChI is InChI=1S/C19H20ClN/c20-17-6-3-5-13(9-17)15-10-18(11-15)21-12-16-8-14-4-1-2-7-19(14)16/h1-7,9,15-16,18,21H,8,10-12H2. The van der Waals surface area contributed by atoms with Crippen LogP contribution in [0.25, 0.3) is 0 Å². The minimum absolute atomic E-state index is 0.682. The number of halogens is 1. The number of hydrogen-bond acceptors (Lipinski definition) is 1. The largest absolute Gasteiger partial charge is 0.313 e. The molecule has 1 atom stereocenters. The van der Waals surface area contributed by atoms with Crippen LogP contribution in [0.4, 0.5) is 0 Å². The molecule has 1 N–H and O–H groups in total. The van der Waals surface area contributed by atoms with Crippen molar-refractivity contribution >= 4 is 11.6 Å². The Bertz CT molecular complexity index is 646. The van der Waals surface area contributed by atoms with Gasteiger partial charge in [0.05, 0.1) is 0 Å². The molecule has 2 heteroatoms. The van der Waals surface area contributed by atoms with Crippen molar-refractivity contribution < 1.29 is 0 Å². The summed E-state index contributed by atoms with van der Waals surface area (Å²) < 4.78 is 0. The van der Waals surface area contributed by atoms with E-state index < -0.39 is 0 Å². The normalized spacial score (nSPS) is 26.6. The van der Waals surface area contributed by atoms with Crippen LogP contribution in [-0.4, -0.2) is 12.6 Å². The summed E-state index contributed by atoms with van der Waals surface area (Å²) in [7, 11) is 0. The van der Waals surface area contributed by atoms with Crippen LogP contribution in [0.5, 0.6) is 0 Å². The van der Waals surface area contributed by atoms with Gasteiger partial charge in [0.15, 0.2) is 0 Å². The maximum Gasteiger partial charge on any atom is 0.0408 e. The van der Waals surface area contributed by atoms with Gasteiger partial charge in [-0.1, -0.05) is 48.0 Å². The SMILES string of the molecule is Clc1cccc(C2CC(NCC3Cc4ccccc43)C2)c1. The van der Waals surface area contributed by atoms with Gasteiger partial charge in [0.1, 0.15) is 0 Å². The Kier molecular flexibility index (Phi) is 3.48. The summed E-state index contributed by atoms with van der Waals surface area (Å²) in [5, 5.41) is 4.60. The Morgan fingerprint density at radius 3 is 2.71 bits per heavy atom. The molecule has 0 amide bonds. The Hall–Kier alpha value is -1.31. The van der Waals surface area contributed by atoms with Gasteiger partial charge in [-0.15, -0.1) is 0 Å². The Morgan fingerprint density at radius 2 is 1.90 bits per heavy atom. The van der Waals surface area contributed by atoms with Crippen LogP contribution in [0.1, 0.15) is 41.4 Å². The molecule has 21 heavy (non-hydrogen) atoms. The molecule has 0 aliphatic heterocycles. The number of benzene rings is 2. The lowest BCUT2D eigenvalue weighted by Gasteiger charge is -2.39. The van der Waals surface area contributed by atoms with Gasteiger partial charge < -0.3 is 5.32 Å². The van der Waals surface area contributed by atoms with E-state index in [1.807, 2.05) is 6.07 Å². The van der Waals surface area contributed by atoms with Crippen molar-refractivity contribution in [3.8, 4) is 0 Å². The van der Waals surface area contributed by atoms with Crippen LogP contribution in [0.2, 0.25) is 5.02 Å². The molecule has 1 unspecified atom stereocenters. The molecular formula is C19H20ClN. The maximum absolute atomic E-state index is 6.07. The predicted molar refractivity (Wildman–Crippen MR) is 88.1 cm³/mol. The number of fused-ring (bicyclic) bond motifs is 1. The molecule has 1 nitrogen and oxygen atoms in total. The summed E-state index contributed by atoms with van der Waals surface area (Å²) in [6, 6.07) is 17.8. The van der Waals surface area contributed by atoms with Crippen LogP contribution < -0.4 is 5.32 Å². The van der Waals surface area contributed by atoms with E-state index in [1.165, 1.54) is 30.4 Å². The highest BCUT2D eigenvalue weighted by Gasteiger charge is 2.32. The topological polar surface area (TPSA) is 12.0 Å². The lowest BCUT2D eigenvalue weighted by Crippen LogP contribution is -2.43. The van der Waals surface area contributed by atoms with Gasteiger partial charge in [0, 0.05) is 23.5 Å². The average Bonchev–Trinajstić information content (AvgIpc) is 2.41. The second kappa shape index (κ2) is 5.47. The average molecular weight is 298 g/mol. The van der Waals surface area contributed by atoms with Crippen molar-refractivity contribution in [2.45, 2.75) is 37.1 Å². The molecule has 1 saturated carbocycles. The second-order valence-electron chi connectivity index (χ2n) is 6.43. The van der Waals surface area contributed by atoms with E-state index >= 15 is 0 Å². The van der Waals surface area contributed by atoms with Gasteiger partial charge in [-0.2, -0.15) is 0 Å². The molecule has 0 bridgehead atoms. The first kappa shape index (κ1) is 13.4. The number of hydrogen-bond donors (Lipinski definition) is 1. The third kappa shape index (κ3) is 2.61. The molecule has 0 aromatic heterocycles. The van der Waals surface area contributed by atoms with Crippen molar-refractivity contribution in [3.05, 3.63) is 70.2 Å². The lowest BCUT2D eigenvalue weighted by atomic mass is 9.74. The summed E-state index contributed by atoms with van der Waals surface area (Å²) in [5.74, 6) is 1.42. The van der Waals surface area contributed by atoms with Crippen molar-refractivity contribution in [2.75, 3.05) is 6.54 Å². The summed E-state index contributed by atoms with van der Waals surface area (Å²) in [4.78, 5) is 0. The third-order valence-electron chi connectivity index (χ3n) is 5.07. The highest BCUT2D eigenvalue weighted by Crippen LogP contribution is 2.39. The Balaban J connectivity index is 1.26. The molecule has 0 spiro atoms. The first-order valence-corrected chi connectivity index (χ1v) is 8.24. The number of nitrogens with one attached hydrogen (secondary N) is 1. The zero-order valence-corrected chi connectivity index (χ0v) is 12.8.